The van der Waals surface area contributed by atoms with Gasteiger partial charge in [-0.25, -0.2) is 0 Å². The van der Waals surface area contributed by atoms with Crippen LogP contribution in [0.3, 0.4) is 0 Å². The number of amides is 4. The van der Waals surface area contributed by atoms with Gasteiger partial charge >= 0.3 is 0 Å². The van der Waals surface area contributed by atoms with Crippen LogP contribution in [0.25, 0.3) is 44.5 Å². The maximum atomic E-state index is 12.3. The van der Waals surface area contributed by atoms with Gasteiger partial charge in [0.2, 0.25) is 23.6 Å². The number of rotatable bonds is 12. The van der Waals surface area contributed by atoms with Crippen LogP contribution < -0.4 is 19.6 Å². The van der Waals surface area contributed by atoms with Crippen LogP contribution in [0, 0.1) is 25.2 Å². The monoisotopic (exact) mass is 1820 g/mol. The molecule has 1 saturated carbocycles. The van der Waals surface area contributed by atoms with Crippen LogP contribution in [0.4, 0.5) is 46.0 Å². The van der Waals surface area contributed by atoms with Gasteiger partial charge in [-0.3, -0.25) is 56.6 Å². The fourth-order valence-electron chi connectivity index (χ4n) is 23.1. The standard InChI is InChI=1S/C27H32N6O2.C25H27N7O2.2C25H30N6O2/c1-18(34)31-10-6-24-22(15-31)26(29-33(24)21-7-11-35-16-21)32-17-27(8-3-9-27)23-12-19(4-5-25(23)32)20-13-28-30(2)14-20;1-16(33)30-8-6-24-21(14-30)25(28-32(24)19-7-10-34-15-19)31-9-5-18-11-17(3-4-23(18)31)20-13-29(2)27-22(20)12-26;2*1-16-21(13-26-28(16)3)18-4-5-23-19(12-18)6-10-30(23)25-22-14-29(17(2)32)9-7-24(22)31(27-25)20-8-11-33-15-20/h4-5,12-14,21H,3,6-11,15-17H2,1-2H3;3-4,11,13,19H,5-10,14-15H2,1-2H3;2*4-5,12-13,20H,6-11,14-15H2,1-3H3/t;;2*20-/m..10/s1. The van der Waals surface area contributed by atoms with E-state index in [0.717, 1.165) is 207 Å². The molecule has 5 fully saturated rings. The molecule has 12 aromatic rings. The van der Waals surface area contributed by atoms with Crippen molar-refractivity contribution in [3.63, 3.8) is 0 Å². The van der Waals surface area contributed by atoms with Crippen molar-refractivity contribution in [3.8, 4) is 50.6 Å². The van der Waals surface area contributed by atoms with E-state index in [1.165, 1.54) is 137 Å². The van der Waals surface area contributed by atoms with Gasteiger partial charge in [-0.05, 0) is 165 Å². The number of carbonyl (C=O) groups excluding carboxylic acids is 4. The van der Waals surface area contributed by atoms with Gasteiger partial charge in [-0.2, -0.15) is 46.1 Å². The summed E-state index contributed by atoms with van der Waals surface area (Å²) in [5, 5.41) is 47.6. The van der Waals surface area contributed by atoms with Crippen LogP contribution in [0.2, 0.25) is 0 Å². The van der Waals surface area contributed by atoms with Crippen LogP contribution in [-0.2, 0) is 143 Å². The lowest BCUT2D eigenvalue weighted by atomic mass is 9.65. The summed E-state index contributed by atoms with van der Waals surface area (Å²) < 4.78 is 38.9. The lowest BCUT2D eigenvalue weighted by molar-refractivity contribution is -0.130. The Balaban J connectivity index is 0.000000105. The molecule has 33 heteroatoms. The fraction of sp³-hybridized carbons (Fsp3) is 0.480. The number of hydrogen-bond donors (Lipinski definition) is 0. The summed E-state index contributed by atoms with van der Waals surface area (Å²) in [4.78, 5) is 66.0. The van der Waals surface area contributed by atoms with E-state index < -0.39 is 0 Å². The zero-order chi connectivity index (χ0) is 92.5. The van der Waals surface area contributed by atoms with Crippen LogP contribution in [0.15, 0.2) is 104 Å². The molecule has 700 valence electrons. The zero-order valence-corrected chi connectivity index (χ0v) is 79.1. The molecule has 33 nitrogen and oxygen atoms in total. The van der Waals surface area contributed by atoms with Gasteiger partial charge in [0.1, 0.15) is 6.07 Å². The summed E-state index contributed by atoms with van der Waals surface area (Å²) in [6, 6.07) is 30.0. The summed E-state index contributed by atoms with van der Waals surface area (Å²) >= 11 is 0. The van der Waals surface area contributed by atoms with Crippen LogP contribution in [0.1, 0.15) is 181 Å². The van der Waals surface area contributed by atoms with Crippen molar-refractivity contribution in [2.24, 2.45) is 28.2 Å². The van der Waals surface area contributed by atoms with Crippen LogP contribution in [0.5, 0.6) is 0 Å². The van der Waals surface area contributed by atoms with Gasteiger partial charge in [-0.15, -0.1) is 0 Å². The molecule has 0 radical (unpaired) electrons. The third-order valence-electron chi connectivity index (χ3n) is 31.0. The largest absolute Gasteiger partial charge is 0.379 e. The highest BCUT2D eigenvalue weighted by Crippen LogP contribution is 2.57. The van der Waals surface area contributed by atoms with E-state index in [-0.39, 0.29) is 53.2 Å². The summed E-state index contributed by atoms with van der Waals surface area (Å²) in [5.74, 6) is 4.50. The molecule has 25 rings (SSSR count). The van der Waals surface area contributed by atoms with Crippen molar-refractivity contribution in [1.82, 2.24) is 97.8 Å². The first-order chi connectivity index (χ1) is 65.6. The van der Waals surface area contributed by atoms with E-state index in [1.807, 2.05) is 86.6 Å². The zero-order valence-electron chi connectivity index (χ0n) is 79.1. The quantitative estimate of drug-likeness (QED) is 0.110. The normalized spacial score (nSPS) is 20.3. The minimum absolute atomic E-state index is 0.102. The molecule has 4 atom stereocenters. The number of benzene rings is 4. The Bertz CT molecular complexity index is 6500. The Hall–Kier alpha value is -13.0. The van der Waals surface area contributed by atoms with Crippen molar-refractivity contribution in [2.45, 2.75) is 187 Å². The molecule has 4 saturated heterocycles. The van der Waals surface area contributed by atoms with Crippen molar-refractivity contribution in [3.05, 3.63) is 188 Å². The number of carbonyl (C=O) groups is 4. The van der Waals surface area contributed by atoms with Crippen molar-refractivity contribution < 1.29 is 38.1 Å². The molecule has 0 N–H and O–H groups in total. The number of nitriles is 1. The molecule has 20 heterocycles. The molecule has 4 aromatic carbocycles. The first-order valence-corrected chi connectivity index (χ1v) is 48.4. The first kappa shape index (κ1) is 87.3. The van der Waals surface area contributed by atoms with Crippen LogP contribution in [-0.4, -0.2) is 227 Å². The molecule has 2 unspecified atom stereocenters. The van der Waals surface area contributed by atoms with Crippen molar-refractivity contribution >= 4 is 69.6 Å². The molecule has 13 aliphatic rings. The topological polar surface area (TPSA) is 297 Å². The summed E-state index contributed by atoms with van der Waals surface area (Å²) in [6.45, 7) is 25.9. The Labute approximate surface area is 785 Å². The number of nitrogens with zero attached hydrogens (tertiary/aromatic N) is 25. The predicted molar refractivity (Wildman–Crippen MR) is 509 cm³/mol. The SMILES string of the molecule is CC(=O)N1CCc2c(c(N3CC4(CCC4)c4cc(-c5cnn(C)c5)ccc43)nn2C2CCOC2)C1.CC(=O)N1CCc2c(c(N3CCc4cc(-c5cn(C)nc5C#N)ccc43)nn2C2CCOC2)C1.CC(=O)N1CCc2c(c(N3CCc4cc(-c5cnn(C)c5C)ccc43)nn2[C@@H]2CCOC2)C1.CC(=O)N1CCc2c(c(N3CCc4cc(-c5cnn(C)c5C)ccc43)nn2[C@H]2CCOC2)C1. The Morgan fingerprint density at radius 1 is 0.393 bits per heavy atom. The van der Waals surface area contributed by atoms with Gasteiger partial charge in [0.05, 0.1) is 95.4 Å². The van der Waals surface area contributed by atoms with E-state index in [2.05, 4.69) is 158 Å². The molecule has 0 bridgehead atoms. The van der Waals surface area contributed by atoms with E-state index in [1.54, 1.807) is 32.4 Å². The molecule has 12 aliphatic heterocycles. The van der Waals surface area contributed by atoms with E-state index in [9.17, 15) is 24.4 Å². The maximum Gasteiger partial charge on any atom is 0.219 e. The average Bonchev–Trinajstić information content (AvgIpc) is 1.56. The third kappa shape index (κ3) is 15.7. The lowest BCUT2D eigenvalue weighted by Gasteiger charge is -2.39. The first-order valence-electron chi connectivity index (χ1n) is 48.4. The average molecular weight is 1820 g/mol. The number of hydrogen-bond acceptors (Lipinski definition) is 21. The number of anilines is 8. The molecule has 1 spiro atoms. The molecule has 4 amide bonds. The third-order valence-corrected chi connectivity index (χ3v) is 31.0. The second-order valence-corrected chi connectivity index (χ2v) is 38.9. The summed E-state index contributed by atoms with van der Waals surface area (Å²) in [7, 11) is 7.75. The minimum Gasteiger partial charge on any atom is -0.379 e. The number of aryl methyl sites for hydroxylation is 4. The number of ether oxygens (including phenoxy) is 4. The van der Waals surface area contributed by atoms with E-state index >= 15 is 0 Å². The number of fused-ring (bicyclic) bond motifs is 9. The van der Waals surface area contributed by atoms with E-state index in [0.29, 0.717) is 51.7 Å². The van der Waals surface area contributed by atoms with Crippen molar-refractivity contribution in [2.75, 3.05) is 125 Å². The highest BCUT2D eigenvalue weighted by Gasteiger charge is 2.50. The molecular weight excluding hydrogens is 1700 g/mol. The summed E-state index contributed by atoms with van der Waals surface area (Å²) in [6.07, 6.45) is 23.7. The Morgan fingerprint density at radius 3 is 1.07 bits per heavy atom. The number of aromatic nitrogens is 16. The maximum absolute atomic E-state index is 12.3. The van der Waals surface area contributed by atoms with Gasteiger partial charge < -0.3 is 58.1 Å². The Kier molecular flexibility index (Phi) is 22.9. The molecule has 135 heavy (non-hydrogen) atoms. The van der Waals surface area contributed by atoms with E-state index in [4.69, 9.17) is 39.3 Å². The van der Waals surface area contributed by atoms with Gasteiger partial charge in [-0.1, -0.05) is 30.7 Å². The highest BCUT2D eigenvalue weighted by atomic mass is 16.5. The van der Waals surface area contributed by atoms with Gasteiger partial charge in [0.25, 0.3) is 0 Å². The van der Waals surface area contributed by atoms with Crippen LogP contribution >= 0.6 is 0 Å². The van der Waals surface area contributed by atoms with Crippen molar-refractivity contribution in [1.29, 1.82) is 5.26 Å². The predicted octanol–water partition coefficient (Wildman–Crippen LogP) is 12.7. The Morgan fingerprint density at radius 2 is 0.756 bits per heavy atom. The lowest BCUT2D eigenvalue weighted by Crippen LogP contribution is -2.39. The smallest absolute Gasteiger partial charge is 0.219 e. The molecular formula is C102H119N25O8. The highest BCUT2D eigenvalue weighted by molar-refractivity contribution is 5.84. The molecule has 1 aliphatic carbocycles. The summed E-state index contributed by atoms with van der Waals surface area (Å²) in [5.41, 5.74) is 32.0. The van der Waals surface area contributed by atoms with Gasteiger partial charge in [0.15, 0.2) is 29.0 Å². The second kappa shape index (κ2) is 35.3. The second-order valence-electron chi connectivity index (χ2n) is 38.9. The molecule has 8 aromatic heterocycles. The fourth-order valence-corrected chi connectivity index (χ4v) is 23.1. The van der Waals surface area contributed by atoms with Gasteiger partial charge in [0, 0.05) is 280 Å². The minimum atomic E-state index is 0.102.